The summed E-state index contributed by atoms with van der Waals surface area (Å²) in [7, 11) is 0.776. The van der Waals surface area contributed by atoms with Gasteiger partial charge in [0.05, 0.1) is 4.90 Å². The molecule has 1 rings (SSSR count). The molecule has 6 heteroatoms. The van der Waals surface area contributed by atoms with Crippen molar-refractivity contribution in [1.82, 2.24) is 9.62 Å². The standard InChI is InChI=1S/C15H27N3O2S/c1-4-11-17-21(19,20)15-9-7-14(8-10-15)16-12-5-6-13-18(2)3/h7-10,16-17H,4-6,11-13H2,1-3H3. The van der Waals surface area contributed by atoms with E-state index in [9.17, 15) is 8.42 Å². The molecule has 0 saturated carbocycles. The Labute approximate surface area is 128 Å². The number of rotatable bonds is 10. The highest BCUT2D eigenvalue weighted by molar-refractivity contribution is 7.89. The van der Waals surface area contributed by atoms with Crippen molar-refractivity contribution in [2.45, 2.75) is 31.1 Å². The van der Waals surface area contributed by atoms with Crippen molar-refractivity contribution in [3.8, 4) is 0 Å². The zero-order valence-corrected chi connectivity index (χ0v) is 14.0. The average Bonchev–Trinajstić information content (AvgIpc) is 2.45. The van der Waals surface area contributed by atoms with E-state index in [4.69, 9.17) is 0 Å². The number of anilines is 1. The van der Waals surface area contributed by atoms with Crippen molar-refractivity contribution >= 4 is 15.7 Å². The maximum atomic E-state index is 11.9. The van der Waals surface area contributed by atoms with Crippen molar-refractivity contribution in [3.05, 3.63) is 24.3 Å². The van der Waals surface area contributed by atoms with Gasteiger partial charge in [0.15, 0.2) is 0 Å². The van der Waals surface area contributed by atoms with Gasteiger partial charge < -0.3 is 10.2 Å². The predicted octanol–water partition coefficient (Wildman–Crippen LogP) is 2.13. The predicted molar refractivity (Wildman–Crippen MR) is 88.2 cm³/mol. The quantitative estimate of drug-likeness (QED) is 0.650. The molecular weight excluding hydrogens is 286 g/mol. The zero-order valence-electron chi connectivity index (χ0n) is 13.2. The third kappa shape index (κ3) is 6.93. The van der Waals surface area contributed by atoms with Gasteiger partial charge in [-0.2, -0.15) is 0 Å². The lowest BCUT2D eigenvalue weighted by Crippen LogP contribution is -2.24. The number of benzene rings is 1. The first-order valence-electron chi connectivity index (χ1n) is 7.44. The van der Waals surface area contributed by atoms with Crippen LogP contribution in [0.4, 0.5) is 5.69 Å². The maximum absolute atomic E-state index is 11.9. The van der Waals surface area contributed by atoms with Crippen molar-refractivity contribution in [2.75, 3.05) is 39.0 Å². The Morgan fingerprint density at radius 1 is 1.05 bits per heavy atom. The molecule has 0 spiro atoms. The lowest BCUT2D eigenvalue weighted by molar-refractivity contribution is 0.396. The number of hydrogen-bond acceptors (Lipinski definition) is 4. The second kappa shape index (κ2) is 9.02. The van der Waals surface area contributed by atoms with Gasteiger partial charge in [-0.15, -0.1) is 0 Å². The summed E-state index contributed by atoms with van der Waals surface area (Å²) in [6.45, 7) is 4.38. The van der Waals surface area contributed by atoms with Gasteiger partial charge in [0, 0.05) is 18.8 Å². The van der Waals surface area contributed by atoms with Gasteiger partial charge in [-0.3, -0.25) is 0 Å². The third-order valence-corrected chi connectivity index (χ3v) is 4.54. The van der Waals surface area contributed by atoms with E-state index in [1.165, 1.54) is 0 Å². The van der Waals surface area contributed by atoms with Crippen LogP contribution in [0.3, 0.4) is 0 Å². The van der Waals surface area contributed by atoms with Crippen LogP contribution in [0.5, 0.6) is 0 Å². The SMILES string of the molecule is CCCNS(=O)(=O)c1ccc(NCCCCN(C)C)cc1. The Kier molecular flexibility index (Phi) is 7.71. The van der Waals surface area contributed by atoms with Crippen LogP contribution in [0.25, 0.3) is 0 Å². The Morgan fingerprint density at radius 3 is 2.29 bits per heavy atom. The van der Waals surface area contributed by atoms with Crippen molar-refractivity contribution in [2.24, 2.45) is 0 Å². The summed E-state index contributed by atoms with van der Waals surface area (Å²) in [6.07, 6.45) is 3.02. The molecule has 0 amide bonds. The number of sulfonamides is 1. The third-order valence-electron chi connectivity index (χ3n) is 3.07. The van der Waals surface area contributed by atoms with Crippen molar-refractivity contribution in [3.63, 3.8) is 0 Å². The smallest absolute Gasteiger partial charge is 0.240 e. The Balaban J connectivity index is 2.43. The van der Waals surface area contributed by atoms with Gasteiger partial charge in [0.25, 0.3) is 0 Å². The van der Waals surface area contributed by atoms with Gasteiger partial charge in [-0.1, -0.05) is 6.92 Å². The number of nitrogens with zero attached hydrogens (tertiary/aromatic N) is 1. The summed E-state index contributed by atoms with van der Waals surface area (Å²) < 4.78 is 26.4. The summed E-state index contributed by atoms with van der Waals surface area (Å²) >= 11 is 0. The van der Waals surface area contributed by atoms with Crippen LogP contribution in [0.1, 0.15) is 26.2 Å². The van der Waals surface area contributed by atoms with Crippen molar-refractivity contribution in [1.29, 1.82) is 0 Å². The van der Waals surface area contributed by atoms with Crippen LogP contribution in [0, 0.1) is 0 Å². The topological polar surface area (TPSA) is 61.4 Å². The molecule has 21 heavy (non-hydrogen) atoms. The molecule has 0 atom stereocenters. The summed E-state index contributed by atoms with van der Waals surface area (Å²) in [6, 6.07) is 6.90. The van der Waals surface area contributed by atoms with E-state index in [0.717, 1.165) is 38.0 Å². The van der Waals surface area contributed by atoms with Crippen LogP contribution >= 0.6 is 0 Å². The van der Waals surface area contributed by atoms with Gasteiger partial charge >= 0.3 is 0 Å². The summed E-state index contributed by atoms with van der Waals surface area (Å²) in [5.41, 5.74) is 0.953. The van der Waals surface area contributed by atoms with E-state index in [-0.39, 0.29) is 0 Å². The molecule has 0 unspecified atom stereocenters. The van der Waals surface area contributed by atoms with E-state index in [0.29, 0.717) is 11.4 Å². The van der Waals surface area contributed by atoms with Crippen LogP contribution in [0.15, 0.2) is 29.2 Å². The maximum Gasteiger partial charge on any atom is 0.240 e. The summed E-state index contributed by atoms with van der Waals surface area (Å²) in [5.74, 6) is 0. The Hall–Kier alpha value is -1.11. The molecule has 0 radical (unpaired) electrons. The van der Waals surface area contributed by atoms with Gasteiger partial charge in [-0.05, 0) is 64.2 Å². The molecule has 0 heterocycles. The molecule has 2 N–H and O–H groups in total. The fourth-order valence-corrected chi connectivity index (χ4v) is 2.99. The molecule has 0 fully saturated rings. The normalized spacial score (nSPS) is 11.8. The van der Waals surface area contributed by atoms with Gasteiger partial charge in [0.1, 0.15) is 0 Å². The minimum atomic E-state index is -3.36. The minimum absolute atomic E-state index is 0.314. The lowest BCUT2D eigenvalue weighted by Gasteiger charge is -2.10. The van der Waals surface area contributed by atoms with Crippen molar-refractivity contribution < 1.29 is 8.42 Å². The molecule has 0 aliphatic carbocycles. The lowest BCUT2D eigenvalue weighted by atomic mass is 10.2. The second-order valence-corrected chi connectivity index (χ2v) is 7.13. The largest absolute Gasteiger partial charge is 0.385 e. The molecule has 0 aromatic heterocycles. The first kappa shape index (κ1) is 17.9. The highest BCUT2D eigenvalue weighted by Gasteiger charge is 2.12. The summed E-state index contributed by atoms with van der Waals surface area (Å²) in [5, 5.41) is 3.31. The monoisotopic (exact) mass is 313 g/mol. The summed E-state index contributed by atoms with van der Waals surface area (Å²) in [4.78, 5) is 2.48. The van der Waals surface area contributed by atoms with Crippen LogP contribution in [-0.2, 0) is 10.0 Å². The molecule has 0 aliphatic rings. The molecule has 5 nitrogen and oxygen atoms in total. The highest BCUT2D eigenvalue weighted by Crippen LogP contribution is 2.14. The van der Waals surface area contributed by atoms with E-state index < -0.39 is 10.0 Å². The fraction of sp³-hybridized carbons (Fsp3) is 0.600. The van der Waals surface area contributed by atoms with E-state index in [1.54, 1.807) is 12.1 Å². The van der Waals surface area contributed by atoms with Crippen LogP contribution < -0.4 is 10.0 Å². The number of nitrogens with one attached hydrogen (secondary N) is 2. The van der Waals surface area contributed by atoms with Crippen LogP contribution in [-0.4, -0.2) is 47.0 Å². The molecule has 0 bridgehead atoms. The minimum Gasteiger partial charge on any atom is -0.385 e. The van der Waals surface area contributed by atoms with Gasteiger partial charge in [-0.25, -0.2) is 13.1 Å². The van der Waals surface area contributed by atoms with Gasteiger partial charge in [0.2, 0.25) is 10.0 Å². The first-order chi connectivity index (χ1) is 9.95. The number of hydrogen-bond donors (Lipinski definition) is 2. The second-order valence-electron chi connectivity index (χ2n) is 5.36. The number of unbranched alkanes of at least 4 members (excludes halogenated alkanes) is 1. The molecular formula is C15H27N3O2S. The fourth-order valence-electron chi connectivity index (χ4n) is 1.86. The molecule has 1 aromatic carbocycles. The average molecular weight is 313 g/mol. The van der Waals surface area contributed by atoms with E-state index >= 15 is 0 Å². The molecule has 120 valence electrons. The van der Waals surface area contributed by atoms with E-state index in [1.807, 2.05) is 19.1 Å². The molecule has 0 saturated heterocycles. The highest BCUT2D eigenvalue weighted by atomic mass is 32.2. The van der Waals surface area contributed by atoms with Crippen LogP contribution in [0.2, 0.25) is 0 Å². The molecule has 0 aliphatic heterocycles. The van der Waals surface area contributed by atoms with E-state index in [2.05, 4.69) is 29.0 Å². The Bertz CT molecular complexity index is 498. The Morgan fingerprint density at radius 2 is 1.71 bits per heavy atom. The zero-order chi connectivity index (χ0) is 15.7. The molecule has 1 aromatic rings. The first-order valence-corrected chi connectivity index (χ1v) is 8.92.